The number of piperidine rings is 1. The molecule has 7 heteroatoms. The Hall–Kier alpha value is 0.120. The predicted octanol–water partition coefficient (Wildman–Crippen LogP) is 0.989. The van der Waals surface area contributed by atoms with Crippen molar-refractivity contribution in [3.63, 3.8) is 0 Å². The Kier molecular flexibility index (Phi) is 6.55. The van der Waals surface area contributed by atoms with Gasteiger partial charge in [0.15, 0.2) is 0 Å². The van der Waals surface area contributed by atoms with E-state index in [1.165, 1.54) is 0 Å². The van der Waals surface area contributed by atoms with Gasteiger partial charge in [0.05, 0.1) is 19.0 Å². The molecule has 2 heterocycles. The number of nitrogens with zero attached hydrogens (tertiary/aromatic N) is 2. The Morgan fingerprint density at radius 2 is 1.75 bits per heavy atom. The fourth-order valence-electron chi connectivity index (χ4n) is 2.88. The van der Waals surface area contributed by atoms with Gasteiger partial charge >= 0.3 is 0 Å². The van der Waals surface area contributed by atoms with Gasteiger partial charge in [0.25, 0.3) is 0 Å². The molecule has 0 amide bonds. The third-order valence-corrected chi connectivity index (χ3v) is 6.35. The molecule has 0 spiro atoms. The molecule has 2 aliphatic rings. The first-order valence-electron chi connectivity index (χ1n) is 7.46. The standard InChI is InChI=1S/C13H25ClN2O3S/c14-4-1-11-20(17,18)16-5-2-13(3-6-16)12-15-7-9-19-10-8-15/h13H,1-12H2. The van der Waals surface area contributed by atoms with E-state index in [1.807, 2.05) is 0 Å². The van der Waals surface area contributed by atoms with Crippen molar-refractivity contribution in [2.75, 3.05) is 57.6 Å². The molecule has 2 saturated heterocycles. The lowest BCUT2D eigenvalue weighted by atomic mass is 9.97. The smallest absolute Gasteiger partial charge is 0.214 e. The van der Waals surface area contributed by atoms with Gasteiger partial charge < -0.3 is 4.74 Å². The second-order valence-corrected chi connectivity index (χ2v) is 8.08. The number of halogens is 1. The molecular weight excluding hydrogens is 300 g/mol. The van der Waals surface area contributed by atoms with E-state index in [2.05, 4.69) is 4.90 Å². The summed E-state index contributed by atoms with van der Waals surface area (Å²) in [6.45, 7) is 6.08. The summed E-state index contributed by atoms with van der Waals surface area (Å²) in [5.74, 6) is 1.21. The second-order valence-electron chi connectivity index (χ2n) is 5.61. The molecule has 2 rings (SSSR count). The molecule has 0 aromatic heterocycles. The highest BCUT2D eigenvalue weighted by Crippen LogP contribution is 2.21. The van der Waals surface area contributed by atoms with E-state index in [0.717, 1.165) is 45.7 Å². The molecule has 118 valence electrons. The van der Waals surface area contributed by atoms with Crippen LogP contribution in [0.5, 0.6) is 0 Å². The zero-order chi connectivity index (χ0) is 14.4. The molecular formula is C13H25ClN2O3S. The summed E-state index contributed by atoms with van der Waals surface area (Å²) < 4.78 is 31.2. The monoisotopic (exact) mass is 324 g/mol. The summed E-state index contributed by atoms with van der Waals surface area (Å²) in [7, 11) is -3.09. The Balaban J connectivity index is 1.74. The summed E-state index contributed by atoms with van der Waals surface area (Å²) in [5, 5.41) is 0. The van der Waals surface area contributed by atoms with Crippen molar-refractivity contribution >= 4 is 21.6 Å². The van der Waals surface area contributed by atoms with Crippen molar-refractivity contribution in [1.29, 1.82) is 0 Å². The molecule has 0 saturated carbocycles. The molecule has 0 aromatic rings. The molecule has 0 bridgehead atoms. The molecule has 5 nitrogen and oxygen atoms in total. The molecule has 0 aliphatic carbocycles. The maximum atomic E-state index is 12.1. The van der Waals surface area contributed by atoms with Gasteiger partial charge in [0.2, 0.25) is 10.0 Å². The first-order valence-corrected chi connectivity index (χ1v) is 9.60. The number of morpholine rings is 1. The number of sulfonamides is 1. The average Bonchev–Trinajstić information content (AvgIpc) is 2.47. The zero-order valence-electron chi connectivity index (χ0n) is 12.0. The molecule has 0 N–H and O–H groups in total. The van der Waals surface area contributed by atoms with Crippen LogP contribution in [0.1, 0.15) is 19.3 Å². The lowest BCUT2D eigenvalue weighted by Gasteiger charge is -2.35. The summed E-state index contributed by atoms with van der Waals surface area (Å²) in [6, 6.07) is 0. The van der Waals surface area contributed by atoms with Crippen LogP contribution in [0, 0.1) is 5.92 Å². The second kappa shape index (κ2) is 7.94. The largest absolute Gasteiger partial charge is 0.379 e. The van der Waals surface area contributed by atoms with Gasteiger partial charge in [-0.3, -0.25) is 4.90 Å². The third-order valence-electron chi connectivity index (χ3n) is 4.12. The van der Waals surface area contributed by atoms with Crippen LogP contribution in [-0.4, -0.2) is 75.2 Å². The lowest BCUT2D eigenvalue weighted by molar-refractivity contribution is 0.0269. The minimum atomic E-state index is -3.09. The van der Waals surface area contributed by atoms with Crippen LogP contribution in [0.15, 0.2) is 0 Å². The van der Waals surface area contributed by atoms with E-state index in [9.17, 15) is 8.42 Å². The SMILES string of the molecule is O=S(=O)(CCCCl)N1CCC(CN2CCOCC2)CC1. The summed E-state index contributed by atoms with van der Waals surface area (Å²) in [6.07, 6.45) is 2.48. The van der Waals surface area contributed by atoms with E-state index >= 15 is 0 Å². The zero-order valence-corrected chi connectivity index (χ0v) is 13.5. The number of hydrogen-bond acceptors (Lipinski definition) is 4. The van der Waals surface area contributed by atoms with E-state index in [4.69, 9.17) is 16.3 Å². The van der Waals surface area contributed by atoms with Gasteiger partial charge in [-0.2, -0.15) is 0 Å². The highest BCUT2D eigenvalue weighted by molar-refractivity contribution is 7.89. The maximum Gasteiger partial charge on any atom is 0.214 e. The van der Waals surface area contributed by atoms with Crippen molar-refractivity contribution in [3.05, 3.63) is 0 Å². The first kappa shape index (κ1) is 16.5. The minimum Gasteiger partial charge on any atom is -0.379 e. The van der Waals surface area contributed by atoms with Crippen LogP contribution in [0.2, 0.25) is 0 Å². The van der Waals surface area contributed by atoms with Gasteiger partial charge in [0, 0.05) is 38.6 Å². The Labute approximate surface area is 127 Å². The van der Waals surface area contributed by atoms with Crippen molar-refractivity contribution in [1.82, 2.24) is 9.21 Å². The van der Waals surface area contributed by atoms with Crippen molar-refractivity contribution in [2.24, 2.45) is 5.92 Å². The molecule has 0 aromatic carbocycles. The van der Waals surface area contributed by atoms with Crippen molar-refractivity contribution in [3.8, 4) is 0 Å². The van der Waals surface area contributed by atoms with E-state index in [1.54, 1.807) is 4.31 Å². The average molecular weight is 325 g/mol. The van der Waals surface area contributed by atoms with Gasteiger partial charge in [-0.15, -0.1) is 11.6 Å². The maximum absolute atomic E-state index is 12.1. The topological polar surface area (TPSA) is 49.9 Å². The van der Waals surface area contributed by atoms with Crippen LogP contribution in [0.25, 0.3) is 0 Å². The third kappa shape index (κ3) is 4.84. The Bertz CT molecular complexity index is 377. The molecule has 0 atom stereocenters. The normalized spacial score (nSPS) is 24.1. The highest BCUT2D eigenvalue weighted by atomic mass is 35.5. The van der Waals surface area contributed by atoms with Gasteiger partial charge in [-0.1, -0.05) is 0 Å². The van der Waals surface area contributed by atoms with Crippen LogP contribution in [0.4, 0.5) is 0 Å². The quantitative estimate of drug-likeness (QED) is 0.684. The van der Waals surface area contributed by atoms with Crippen molar-refractivity contribution < 1.29 is 13.2 Å². The fourth-order valence-corrected chi connectivity index (χ4v) is 4.71. The van der Waals surface area contributed by atoms with Gasteiger partial charge in [-0.25, -0.2) is 12.7 Å². The van der Waals surface area contributed by atoms with Crippen molar-refractivity contribution in [2.45, 2.75) is 19.3 Å². The molecule has 20 heavy (non-hydrogen) atoms. The Morgan fingerprint density at radius 1 is 1.10 bits per heavy atom. The first-order chi connectivity index (χ1) is 9.62. The summed E-state index contributed by atoms with van der Waals surface area (Å²) >= 11 is 5.58. The van der Waals surface area contributed by atoms with E-state index in [0.29, 0.717) is 31.3 Å². The van der Waals surface area contributed by atoms with Crippen LogP contribution >= 0.6 is 11.6 Å². The number of rotatable bonds is 6. The fraction of sp³-hybridized carbons (Fsp3) is 1.00. The Morgan fingerprint density at radius 3 is 2.35 bits per heavy atom. The molecule has 2 aliphatic heterocycles. The highest BCUT2D eigenvalue weighted by Gasteiger charge is 2.28. The van der Waals surface area contributed by atoms with E-state index in [-0.39, 0.29) is 5.75 Å². The van der Waals surface area contributed by atoms with Gasteiger partial charge in [-0.05, 0) is 25.2 Å². The van der Waals surface area contributed by atoms with Crippen LogP contribution in [0.3, 0.4) is 0 Å². The van der Waals surface area contributed by atoms with Crippen LogP contribution in [-0.2, 0) is 14.8 Å². The molecule has 2 fully saturated rings. The number of hydrogen-bond donors (Lipinski definition) is 0. The summed E-state index contributed by atoms with van der Waals surface area (Å²) in [5.41, 5.74) is 0. The number of alkyl halides is 1. The predicted molar refractivity (Wildman–Crippen MR) is 80.7 cm³/mol. The summed E-state index contributed by atoms with van der Waals surface area (Å²) in [4.78, 5) is 2.44. The van der Waals surface area contributed by atoms with Gasteiger partial charge in [0.1, 0.15) is 0 Å². The van der Waals surface area contributed by atoms with E-state index < -0.39 is 10.0 Å². The number of ether oxygens (including phenoxy) is 1. The molecule has 0 unspecified atom stereocenters. The minimum absolute atomic E-state index is 0.185. The lowest BCUT2D eigenvalue weighted by Crippen LogP contribution is -2.44. The van der Waals surface area contributed by atoms with Crippen LogP contribution < -0.4 is 0 Å². The molecule has 0 radical (unpaired) electrons.